The van der Waals surface area contributed by atoms with Crippen molar-refractivity contribution in [1.82, 2.24) is 20.1 Å². The summed E-state index contributed by atoms with van der Waals surface area (Å²) in [6.45, 7) is 9.44. The molecule has 5 rings (SSSR count). The van der Waals surface area contributed by atoms with E-state index in [0.29, 0.717) is 19.0 Å². The Morgan fingerprint density at radius 2 is 2.09 bits per heavy atom. The highest BCUT2D eigenvalue weighted by Gasteiger charge is 2.26. The predicted octanol–water partition coefficient (Wildman–Crippen LogP) is 5.76. The van der Waals surface area contributed by atoms with Gasteiger partial charge in [-0.2, -0.15) is 5.10 Å². The van der Waals surface area contributed by atoms with Crippen molar-refractivity contribution in [1.29, 1.82) is 0 Å². The van der Waals surface area contributed by atoms with E-state index in [2.05, 4.69) is 46.5 Å². The molecular formula is C24H26N6OS. The number of fused-ring (bicyclic) bond motifs is 2. The van der Waals surface area contributed by atoms with Gasteiger partial charge in [-0.05, 0) is 55.5 Å². The number of aromatic amines is 1. The molecule has 0 aliphatic carbocycles. The van der Waals surface area contributed by atoms with E-state index in [1.165, 1.54) is 4.88 Å². The molecule has 3 aromatic rings. The van der Waals surface area contributed by atoms with Crippen molar-refractivity contribution in [2.45, 2.75) is 53.1 Å². The number of nitrogens with zero attached hydrogens (tertiary/aromatic N) is 4. The first-order valence-corrected chi connectivity index (χ1v) is 11.6. The lowest BCUT2D eigenvalue weighted by molar-refractivity contribution is 0.204. The van der Waals surface area contributed by atoms with Crippen LogP contribution in [-0.4, -0.2) is 32.3 Å². The van der Waals surface area contributed by atoms with Gasteiger partial charge in [0, 0.05) is 34.4 Å². The fourth-order valence-electron chi connectivity index (χ4n) is 4.23. The van der Waals surface area contributed by atoms with Gasteiger partial charge in [0.25, 0.3) is 0 Å². The molecule has 0 radical (unpaired) electrons. The molecule has 0 spiro atoms. The highest BCUT2D eigenvalue weighted by molar-refractivity contribution is 7.11. The molecule has 0 atom stereocenters. The molecule has 2 aromatic heterocycles. The highest BCUT2D eigenvalue weighted by atomic mass is 32.1. The Kier molecular flexibility index (Phi) is 5.17. The maximum absolute atomic E-state index is 12.8. The van der Waals surface area contributed by atoms with Gasteiger partial charge < -0.3 is 10.2 Å². The van der Waals surface area contributed by atoms with Crippen LogP contribution in [0.2, 0.25) is 0 Å². The van der Waals surface area contributed by atoms with Crippen molar-refractivity contribution in [3.05, 3.63) is 56.8 Å². The van der Waals surface area contributed by atoms with E-state index in [1.807, 2.05) is 37.1 Å². The van der Waals surface area contributed by atoms with E-state index in [-0.39, 0.29) is 6.03 Å². The number of urea groups is 1. The summed E-state index contributed by atoms with van der Waals surface area (Å²) in [7, 11) is 0. The van der Waals surface area contributed by atoms with Crippen LogP contribution < -0.4 is 5.32 Å². The summed E-state index contributed by atoms with van der Waals surface area (Å²) in [5.74, 6) is 0.437. The summed E-state index contributed by atoms with van der Waals surface area (Å²) >= 11 is 1.70. The van der Waals surface area contributed by atoms with Crippen molar-refractivity contribution in [2.24, 2.45) is 4.99 Å². The average Bonchev–Trinajstić information content (AvgIpc) is 3.25. The Labute approximate surface area is 191 Å². The van der Waals surface area contributed by atoms with Crippen molar-refractivity contribution in [3.8, 4) is 0 Å². The fraction of sp³-hybridized carbons (Fsp3) is 0.333. The molecule has 2 amide bonds. The normalized spacial score (nSPS) is 16.2. The van der Waals surface area contributed by atoms with Crippen LogP contribution in [0.4, 0.5) is 10.5 Å². The molecule has 0 fully saturated rings. The molecule has 164 valence electrons. The first-order chi connectivity index (χ1) is 15.4. The van der Waals surface area contributed by atoms with Gasteiger partial charge in [0.2, 0.25) is 0 Å². The lowest BCUT2D eigenvalue weighted by atomic mass is 10.0. The number of rotatable bonds is 4. The molecule has 2 aliphatic heterocycles. The third kappa shape index (κ3) is 3.75. The topological polar surface area (TPSA) is 86.3 Å². The number of thiazole rings is 1. The van der Waals surface area contributed by atoms with E-state index in [4.69, 9.17) is 4.98 Å². The second-order valence-electron chi connectivity index (χ2n) is 8.65. The van der Waals surface area contributed by atoms with Crippen LogP contribution in [-0.2, 0) is 13.1 Å². The SMILES string of the molecule is CC1=CCC(c2n[nH]c3cc4c(cc23)CN(Cc2nc(C)c(C(C)C)s2)C(=O)N4)=CC=N1. The number of hydrogen-bond donors (Lipinski definition) is 2. The summed E-state index contributed by atoms with van der Waals surface area (Å²) < 4.78 is 0. The van der Waals surface area contributed by atoms with Crippen LogP contribution in [0.1, 0.15) is 59.9 Å². The van der Waals surface area contributed by atoms with Gasteiger partial charge in [-0.1, -0.05) is 19.9 Å². The average molecular weight is 447 g/mol. The smallest absolute Gasteiger partial charge is 0.313 e. The third-order valence-corrected chi connectivity index (χ3v) is 7.32. The Bertz CT molecular complexity index is 1310. The molecule has 32 heavy (non-hydrogen) atoms. The molecular weight excluding hydrogens is 420 g/mol. The number of aromatic nitrogens is 3. The van der Waals surface area contributed by atoms with E-state index in [1.54, 1.807) is 11.3 Å². The molecule has 2 aliphatic rings. The van der Waals surface area contributed by atoms with Gasteiger partial charge in [0.1, 0.15) is 5.01 Å². The lowest BCUT2D eigenvalue weighted by Gasteiger charge is -2.28. The number of benzene rings is 1. The zero-order valence-electron chi connectivity index (χ0n) is 18.7. The van der Waals surface area contributed by atoms with Crippen LogP contribution in [0.15, 0.2) is 35.0 Å². The number of aliphatic imine (C=N–C) groups is 1. The minimum Gasteiger partial charge on any atom is -0.313 e. The molecule has 0 saturated carbocycles. The highest BCUT2D eigenvalue weighted by Crippen LogP contribution is 2.34. The largest absolute Gasteiger partial charge is 0.322 e. The summed E-state index contributed by atoms with van der Waals surface area (Å²) in [6, 6.07) is 4.02. The second-order valence-corrected chi connectivity index (χ2v) is 9.76. The zero-order chi connectivity index (χ0) is 22.4. The quantitative estimate of drug-likeness (QED) is 0.534. The molecule has 2 N–H and O–H groups in total. The summed E-state index contributed by atoms with van der Waals surface area (Å²) in [6.07, 6.45) is 6.74. The van der Waals surface area contributed by atoms with E-state index < -0.39 is 0 Å². The Morgan fingerprint density at radius 1 is 1.25 bits per heavy atom. The van der Waals surface area contributed by atoms with Gasteiger partial charge in [0.15, 0.2) is 0 Å². The molecule has 8 heteroatoms. The van der Waals surface area contributed by atoms with Crippen LogP contribution in [0.3, 0.4) is 0 Å². The molecule has 1 aromatic carbocycles. The van der Waals surface area contributed by atoms with E-state index >= 15 is 0 Å². The third-order valence-electron chi connectivity index (χ3n) is 5.88. The summed E-state index contributed by atoms with van der Waals surface area (Å²) in [5.41, 5.74) is 6.93. The number of carbonyl (C=O) groups is 1. The number of carbonyl (C=O) groups excluding carboxylic acids is 1. The number of anilines is 1. The van der Waals surface area contributed by atoms with Crippen LogP contribution in [0.5, 0.6) is 0 Å². The lowest BCUT2D eigenvalue weighted by Crippen LogP contribution is -2.38. The molecule has 4 heterocycles. The van der Waals surface area contributed by atoms with Crippen LogP contribution >= 0.6 is 11.3 Å². The Morgan fingerprint density at radius 3 is 2.88 bits per heavy atom. The Balaban J connectivity index is 1.45. The van der Waals surface area contributed by atoms with Gasteiger partial charge in [0.05, 0.1) is 23.4 Å². The van der Waals surface area contributed by atoms with Crippen molar-refractivity contribution < 1.29 is 4.79 Å². The monoisotopic (exact) mass is 446 g/mol. The van der Waals surface area contributed by atoms with Crippen molar-refractivity contribution in [2.75, 3.05) is 5.32 Å². The fourth-order valence-corrected chi connectivity index (χ4v) is 5.32. The second kappa shape index (κ2) is 8.02. The number of hydrogen-bond acceptors (Lipinski definition) is 5. The summed E-state index contributed by atoms with van der Waals surface area (Å²) in [5, 5.41) is 12.8. The number of aryl methyl sites for hydroxylation is 1. The molecule has 7 nitrogen and oxygen atoms in total. The van der Waals surface area contributed by atoms with E-state index in [9.17, 15) is 4.79 Å². The maximum Gasteiger partial charge on any atom is 0.322 e. The first kappa shape index (κ1) is 20.6. The van der Waals surface area contributed by atoms with Gasteiger partial charge in [-0.3, -0.25) is 10.1 Å². The summed E-state index contributed by atoms with van der Waals surface area (Å²) in [4.78, 5) is 25.0. The number of allylic oxidation sites excluding steroid dienone is 4. The molecule has 0 unspecified atom stereocenters. The van der Waals surface area contributed by atoms with Crippen molar-refractivity contribution in [3.63, 3.8) is 0 Å². The van der Waals surface area contributed by atoms with Gasteiger partial charge in [-0.15, -0.1) is 11.3 Å². The van der Waals surface area contributed by atoms with Gasteiger partial charge in [-0.25, -0.2) is 9.78 Å². The molecule has 0 saturated heterocycles. The minimum absolute atomic E-state index is 0.0983. The van der Waals surface area contributed by atoms with Crippen molar-refractivity contribution >= 4 is 45.7 Å². The number of nitrogens with one attached hydrogen (secondary N) is 2. The van der Waals surface area contributed by atoms with Gasteiger partial charge >= 0.3 is 6.03 Å². The predicted molar refractivity (Wildman–Crippen MR) is 130 cm³/mol. The number of H-pyrrole nitrogens is 1. The maximum atomic E-state index is 12.8. The zero-order valence-corrected chi connectivity index (χ0v) is 19.5. The minimum atomic E-state index is -0.0983. The Hall–Kier alpha value is -3.26. The molecule has 0 bridgehead atoms. The van der Waals surface area contributed by atoms with Crippen LogP contribution in [0.25, 0.3) is 16.5 Å². The van der Waals surface area contributed by atoms with Crippen LogP contribution in [0, 0.1) is 6.92 Å². The standard InChI is InChI=1S/C24H26N6OS/c1-13(2)23-15(4)26-21(32-23)12-30-11-17-9-18-20(10-19(17)27-24(30)31)28-29-22(18)16-6-5-14(3)25-8-7-16/h5,7-10,13H,6,11-12H2,1-4H3,(H,27,31)(H,28,29). The first-order valence-electron chi connectivity index (χ1n) is 10.8. The number of amides is 2. The van der Waals surface area contributed by atoms with E-state index in [0.717, 1.165) is 56.2 Å².